The van der Waals surface area contributed by atoms with Gasteiger partial charge in [-0.05, 0) is 37.3 Å². The van der Waals surface area contributed by atoms with Gasteiger partial charge in [-0.1, -0.05) is 35.4 Å². The molecule has 2 amide bonds. The standard InChI is InChI=1S/C19H13ClN2O2/c1-11-6-7-16-12(8-11)9-13(17(20)21-16)10-22-18(23)14-4-2-3-5-15(14)19(22)24/h2-9H,10H2,1H3. The average Bonchev–Trinajstić information content (AvgIpc) is 2.81. The third kappa shape index (κ3) is 2.27. The second-order valence-electron chi connectivity index (χ2n) is 5.88. The molecule has 0 saturated heterocycles. The molecule has 0 fully saturated rings. The van der Waals surface area contributed by atoms with Gasteiger partial charge in [0.1, 0.15) is 5.15 Å². The number of halogens is 1. The lowest BCUT2D eigenvalue weighted by Crippen LogP contribution is -2.29. The first-order valence-corrected chi connectivity index (χ1v) is 7.93. The predicted molar refractivity (Wildman–Crippen MR) is 92.1 cm³/mol. The van der Waals surface area contributed by atoms with Crippen molar-refractivity contribution in [1.82, 2.24) is 9.88 Å². The van der Waals surface area contributed by atoms with E-state index >= 15 is 0 Å². The highest BCUT2D eigenvalue weighted by Crippen LogP contribution is 2.27. The lowest BCUT2D eigenvalue weighted by Gasteiger charge is -2.15. The molecule has 4 nitrogen and oxygen atoms in total. The number of hydrogen-bond donors (Lipinski definition) is 0. The van der Waals surface area contributed by atoms with Gasteiger partial charge in [0.15, 0.2) is 0 Å². The molecule has 1 aliphatic rings. The molecule has 0 saturated carbocycles. The van der Waals surface area contributed by atoms with E-state index in [2.05, 4.69) is 4.98 Å². The van der Waals surface area contributed by atoms with Gasteiger partial charge in [-0.3, -0.25) is 14.5 Å². The third-order valence-corrected chi connectivity index (χ3v) is 4.53. The van der Waals surface area contributed by atoms with Gasteiger partial charge in [0.05, 0.1) is 23.2 Å². The van der Waals surface area contributed by atoms with Gasteiger partial charge >= 0.3 is 0 Å². The Morgan fingerprint density at radius 1 is 1.00 bits per heavy atom. The smallest absolute Gasteiger partial charge is 0.261 e. The number of benzene rings is 2. The minimum absolute atomic E-state index is 0.113. The predicted octanol–water partition coefficient (Wildman–Crippen LogP) is 3.99. The minimum Gasteiger partial charge on any atom is -0.270 e. The first-order valence-electron chi connectivity index (χ1n) is 7.55. The first-order chi connectivity index (χ1) is 11.5. The van der Waals surface area contributed by atoms with Crippen LogP contribution in [0.15, 0.2) is 48.5 Å². The normalized spacial score (nSPS) is 13.7. The van der Waals surface area contributed by atoms with Gasteiger partial charge in [0, 0.05) is 10.9 Å². The van der Waals surface area contributed by atoms with E-state index in [0.717, 1.165) is 16.5 Å². The van der Waals surface area contributed by atoms with Crippen molar-refractivity contribution in [2.75, 3.05) is 0 Å². The van der Waals surface area contributed by atoms with E-state index in [-0.39, 0.29) is 18.4 Å². The highest BCUT2D eigenvalue weighted by atomic mass is 35.5. The molecule has 0 unspecified atom stereocenters. The second kappa shape index (κ2) is 5.42. The summed E-state index contributed by atoms with van der Waals surface area (Å²) in [6, 6.07) is 14.6. The summed E-state index contributed by atoms with van der Waals surface area (Å²) in [6.07, 6.45) is 0. The van der Waals surface area contributed by atoms with E-state index < -0.39 is 0 Å². The molecule has 4 rings (SSSR count). The maximum atomic E-state index is 12.5. The van der Waals surface area contributed by atoms with Crippen molar-refractivity contribution in [3.05, 3.63) is 75.9 Å². The molecular weight excluding hydrogens is 324 g/mol. The van der Waals surface area contributed by atoms with E-state index in [4.69, 9.17) is 11.6 Å². The quantitative estimate of drug-likeness (QED) is 0.525. The monoisotopic (exact) mass is 336 g/mol. The van der Waals surface area contributed by atoms with Gasteiger partial charge in [0.25, 0.3) is 11.8 Å². The summed E-state index contributed by atoms with van der Waals surface area (Å²) in [6.45, 7) is 2.11. The number of pyridine rings is 1. The Kier molecular flexibility index (Phi) is 3.36. The fraction of sp³-hybridized carbons (Fsp3) is 0.105. The van der Waals surface area contributed by atoms with E-state index in [1.165, 1.54) is 4.90 Å². The molecule has 2 heterocycles. The van der Waals surface area contributed by atoms with Crippen molar-refractivity contribution in [1.29, 1.82) is 0 Å². The van der Waals surface area contributed by atoms with Gasteiger partial charge in [-0.2, -0.15) is 0 Å². The van der Waals surface area contributed by atoms with Crippen LogP contribution in [0.25, 0.3) is 10.9 Å². The molecule has 2 aromatic carbocycles. The van der Waals surface area contributed by atoms with Crippen molar-refractivity contribution >= 4 is 34.3 Å². The summed E-state index contributed by atoms with van der Waals surface area (Å²) in [5, 5.41) is 1.24. The Morgan fingerprint density at radius 2 is 1.67 bits per heavy atom. The number of carbonyl (C=O) groups is 2. The lowest BCUT2D eigenvalue weighted by molar-refractivity contribution is 0.0642. The van der Waals surface area contributed by atoms with Crippen LogP contribution in [-0.4, -0.2) is 21.7 Å². The highest BCUT2D eigenvalue weighted by molar-refractivity contribution is 6.30. The Bertz CT molecular complexity index is 978. The van der Waals surface area contributed by atoms with E-state index in [0.29, 0.717) is 21.8 Å². The van der Waals surface area contributed by atoms with Gasteiger partial charge < -0.3 is 0 Å². The van der Waals surface area contributed by atoms with Crippen molar-refractivity contribution < 1.29 is 9.59 Å². The van der Waals surface area contributed by atoms with Crippen molar-refractivity contribution in [3.8, 4) is 0 Å². The summed E-state index contributed by atoms with van der Waals surface area (Å²) >= 11 is 6.27. The van der Waals surface area contributed by atoms with Crippen LogP contribution in [-0.2, 0) is 6.54 Å². The minimum atomic E-state index is -0.295. The number of rotatable bonds is 2. The van der Waals surface area contributed by atoms with Gasteiger partial charge in [-0.15, -0.1) is 0 Å². The molecule has 0 bridgehead atoms. The molecule has 5 heteroatoms. The van der Waals surface area contributed by atoms with E-state index in [1.54, 1.807) is 24.3 Å². The van der Waals surface area contributed by atoms with Crippen LogP contribution in [0.4, 0.5) is 0 Å². The van der Waals surface area contributed by atoms with Crippen LogP contribution in [0, 0.1) is 6.92 Å². The van der Waals surface area contributed by atoms with Crippen molar-refractivity contribution in [2.24, 2.45) is 0 Å². The SMILES string of the molecule is Cc1ccc2nc(Cl)c(CN3C(=O)c4ccccc4C3=O)cc2c1. The number of hydrogen-bond acceptors (Lipinski definition) is 3. The largest absolute Gasteiger partial charge is 0.270 e. The molecule has 0 N–H and O–H groups in total. The molecule has 118 valence electrons. The molecule has 0 spiro atoms. The van der Waals surface area contributed by atoms with Gasteiger partial charge in [-0.25, -0.2) is 4.98 Å². The number of imide groups is 1. The number of nitrogens with zero attached hydrogens (tertiary/aromatic N) is 2. The Morgan fingerprint density at radius 3 is 2.33 bits per heavy atom. The Hall–Kier alpha value is -2.72. The summed E-state index contributed by atoms with van der Waals surface area (Å²) in [5.74, 6) is -0.591. The second-order valence-corrected chi connectivity index (χ2v) is 6.23. The Labute approximate surface area is 143 Å². The fourth-order valence-electron chi connectivity index (χ4n) is 2.98. The van der Waals surface area contributed by atoms with E-state index in [9.17, 15) is 9.59 Å². The maximum Gasteiger partial charge on any atom is 0.261 e. The molecule has 1 aliphatic heterocycles. The van der Waals surface area contributed by atoms with Crippen LogP contribution < -0.4 is 0 Å². The molecule has 1 aromatic heterocycles. The summed E-state index contributed by atoms with van der Waals surface area (Å²) in [4.78, 5) is 30.6. The van der Waals surface area contributed by atoms with Crippen LogP contribution >= 0.6 is 11.6 Å². The number of fused-ring (bicyclic) bond motifs is 2. The zero-order chi connectivity index (χ0) is 16.8. The topological polar surface area (TPSA) is 50.3 Å². The van der Waals surface area contributed by atoms with Crippen LogP contribution in [0.2, 0.25) is 5.15 Å². The summed E-state index contributed by atoms with van der Waals surface area (Å²) < 4.78 is 0. The number of amides is 2. The third-order valence-electron chi connectivity index (χ3n) is 4.20. The zero-order valence-electron chi connectivity index (χ0n) is 12.9. The fourth-order valence-corrected chi connectivity index (χ4v) is 3.19. The van der Waals surface area contributed by atoms with Crippen LogP contribution in [0.3, 0.4) is 0 Å². The van der Waals surface area contributed by atoms with Crippen molar-refractivity contribution in [2.45, 2.75) is 13.5 Å². The van der Waals surface area contributed by atoms with Gasteiger partial charge in [0.2, 0.25) is 0 Å². The van der Waals surface area contributed by atoms with Crippen LogP contribution in [0.5, 0.6) is 0 Å². The number of carbonyl (C=O) groups excluding carboxylic acids is 2. The molecule has 3 aromatic rings. The maximum absolute atomic E-state index is 12.5. The number of aryl methyl sites for hydroxylation is 1. The zero-order valence-corrected chi connectivity index (χ0v) is 13.7. The van der Waals surface area contributed by atoms with Crippen molar-refractivity contribution in [3.63, 3.8) is 0 Å². The first kappa shape index (κ1) is 14.8. The van der Waals surface area contributed by atoms with E-state index in [1.807, 2.05) is 31.2 Å². The average molecular weight is 337 g/mol. The molecule has 0 atom stereocenters. The number of aromatic nitrogens is 1. The van der Waals surface area contributed by atoms with Crippen LogP contribution in [0.1, 0.15) is 31.8 Å². The molecule has 0 radical (unpaired) electrons. The highest BCUT2D eigenvalue weighted by Gasteiger charge is 2.35. The molecule has 24 heavy (non-hydrogen) atoms. The summed E-state index contributed by atoms with van der Waals surface area (Å²) in [5.41, 5.74) is 3.42. The lowest BCUT2D eigenvalue weighted by atomic mass is 10.1. The molecular formula is C19H13ClN2O2. The summed E-state index contributed by atoms with van der Waals surface area (Å²) in [7, 11) is 0. The Balaban J connectivity index is 1.74. The molecule has 0 aliphatic carbocycles.